The normalized spacial score (nSPS) is 10.1. The van der Waals surface area contributed by atoms with Crippen molar-refractivity contribution in [1.29, 1.82) is 0 Å². The van der Waals surface area contributed by atoms with E-state index in [9.17, 15) is 4.79 Å². The Labute approximate surface area is 129 Å². The van der Waals surface area contributed by atoms with Gasteiger partial charge in [0.25, 0.3) is 0 Å². The zero-order valence-electron chi connectivity index (χ0n) is 12.5. The maximum atomic E-state index is 11.6. The van der Waals surface area contributed by atoms with Crippen molar-refractivity contribution in [1.82, 2.24) is 5.32 Å². The lowest BCUT2D eigenvalue weighted by Crippen LogP contribution is -2.31. The van der Waals surface area contributed by atoms with Gasteiger partial charge in [-0.2, -0.15) is 0 Å². The van der Waals surface area contributed by atoms with Crippen molar-refractivity contribution in [2.24, 2.45) is 0 Å². The summed E-state index contributed by atoms with van der Waals surface area (Å²) in [5.74, 6) is 0.752. The average Bonchev–Trinajstić information content (AvgIpc) is 2.54. The SMILES string of the molecule is Cc1cc(OCc2ccccc2)ccc1NC(=O)NCCO. The van der Waals surface area contributed by atoms with Crippen molar-refractivity contribution in [3.63, 3.8) is 0 Å². The van der Waals surface area contributed by atoms with Crippen LogP contribution in [0.2, 0.25) is 0 Å². The first-order chi connectivity index (χ1) is 10.7. The second-order valence-corrected chi connectivity index (χ2v) is 4.86. The first kappa shape index (κ1) is 15.9. The lowest BCUT2D eigenvalue weighted by molar-refractivity contribution is 0.245. The van der Waals surface area contributed by atoms with Crippen LogP contribution in [0, 0.1) is 6.92 Å². The molecule has 0 fully saturated rings. The molecule has 0 unspecified atom stereocenters. The number of carbonyl (C=O) groups is 1. The summed E-state index contributed by atoms with van der Waals surface area (Å²) in [4.78, 5) is 11.6. The Morgan fingerprint density at radius 3 is 2.64 bits per heavy atom. The molecule has 0 aliphatic rings. The molecule has 0 aliphatic heterocycles. The highest BCUT2D eigenvalue weighted by molar-refractivity contribution is 5.90. The number of anilines is 1. The number of aliphatic hydroxyl groups excluding tert-OH is 1. The second-order valence-electron chi connectivity index (χ2n) is 4.86. The first-order valence-electron chi connectivity index (χ1n) is 7.12. The maximum Gasteiger partial charge on any atom is 0.319 e. The highest BCUT2D eigenvalue weighted by Gasteiger charge is 2.05. The molecule has 0 aromatic heterocycles. The van der Waals surface area contributed by atoms with E-state index in [1.807, 2.05) is 49.4 Å². The van der Waals surface area contributed by atoms with Crippen molar-refractivity contribution in [2.45, 2.75) is 13.5 Å². The van der Waals surface area contributed by atoms with E-state index < -0.39 is 0 Å². The number of hydrogen-bond acceptors (Lipinski definition) is 3. The molecule has 2 amide bonds. The first-order valence-corrected chi connectivity index (χ1v) is 7.12. The number of nitrogens with one attached hydrogen (secondary N) is 2. The van der Waals surface area contributed by atoms with Gasteiger partial charge >= 0.3 is 6.03 Å². The van der Waals surface area contributed by atoms with Crippen LogP contribution in [-0.4, -0.2) is 24.3 Å². The largest absolute Gasteiger partial charge is 0.489 e. The molecule has 22 heavy (non-hydrogen) atoms. The standard InChI is InChI=1S/C17H20N2O3/c1-13-11-15(22-12-14-5-3-2-4-6-14)7-8-16(13)19-17(21)18-9-10-20/h2-8,11,20H,9-10,12H2,1H3,(H2,18,19,21). The van der Waals surface area contributed by atoms with Gasteiger partial charge in [-0.15, -0.1) is 0 Å². The van der Waals surface area contributed by atoms with Crippen LogP contribution in [0.15, 0.2) is 48.5 Å². The number of aliphatic hydroxyl groups is 1. The van der Waals surface area contributed by atoms with Crippen LogP contribution in [0.25, 0.3) is 0 Å². The summed E-state index contributed by atoms with van der Waals surface area (Å²) in [6, 6.07) is 15.1. The Morgan fingerprint density at radius 1 is 1.18 bits per heavy atom. The predicted molar refractivity (Wildman–Crippen MR) is 86.1 cm³/mol. The minimum atomic E-state index is -0.338. The molecular weight excluding hydrogens is 280 g/mol. The zero-order chi connectivity index (χ0) is 15.8. The average molecular weight is 300 g/mol. The van der Waals surface area contributed by atoms with Crippen LogP contribution in [0.4, 0.5) is 10.5 Å². The second kappa shape index (κ2) is 8.05. The zero-order valence-corrected chi connectivity index (χ0v) is 12.5. The van der Waals surface area contributed by atoms with Gasteiger partial charge in [-0.05, 0) is 36.2 Å². The lowest BCUT2D eigenvalue weighted by atomic mass is 10.2. The summed E-state index contributed by atoms with van der Waals surface area (Å²) in [5, 5.41) is 13.9. The molecule has 3 N–H and O–H groups in total. The molecule has 0 saturated heterocycles. The van der Waals surface area contributed by atoms with Crippen molar-refractivity contribution >= 4 is 11.7 Å². The Hall–Kier alpha value is -2.53. The third-order valence-corrected chi connectivity index (χ3v) is 3.09. The van der Waals surface area contributed by atoms with Gasteiger partial charge < -0.3 is 20.5 Å². The van der Waals surface area contributed by atoms with E-state index in [0.29, 0.717) is 12.3 Å². The summed E-state index contributed by atoms with van der Waals surface area (Å²) in [7, 11) is 0. The van der Waals surface area contributed by atoms with E-state index in [1.165, 1.54) is 0 Å². The van der Waals surface area contributed by atoms with E-state index >= 15 is 0 Å². The minimum Gasteiger partial charge on any atom is -0.489 e. The van der Waals surface area contributed by atoms with Gasteiger partial charge in [-0.25, -0.2) is 4.79 Å². The number of urea groups is 1. The molecule has 2 aromatic rings. The van der Waals surface area contributed by atoms with Crippen LogP contribution in [0.5, 0.6) is 5.75 Å². The number of benzene rings is 2. The molecule has 2 aromatic carbocycles. The summed E-state index contributed by atoms with van der Waals surface area (Å²) < 4.78 is 5.74. The third kappa shape index (κ3) is 4.79. The van der Waals surface area contributed by atoms with Gasteiger partial charge in [0.1, 0.15) is 12.4 Å². The van der Waals surface area contributed by atoms with Gasteiger partial charge in [-0.1, -0.05) is 30.3 Å². The number of aryl methyl sites for hydroxylation is 1. The molecule has 0 atom stereocenters. The fourth-order valence-electron chi connectivity index (χ4n) is 1.94. The van der Waals surface area contributed by atoms with Crippen LogP contribution < -0.4 is 15.4 Å². The van der Waals surface area contributed by atoms with Crippen molar-refractivity contribution < 1.29 is 14.6 Å². The predicted octanol–water partition coefficient (Wildman–Crippen LogP) is 2.69. The van der Waals surface area contributed by atoms with Crippen LogP contribution in [-0.2, 0) is 6.61 Å². The molecule has 116 valence electrons. The number of rotatable bonds is 6. The summed E-state index contributed by atoms with van der Waals surface area (Å²) in [6.07, 6.45) is 0. The van der Waals surface area contributed by atoms with Crippen LogP contribution in [0.1, 0.15) is 11.1 Å². The fourth-order valence-corrected chi connectivity index (χ4v) is 1.94. The van der Waals surface area contributed by atoms with E-state index in [1.54, 1.807) is 6.07 Å². The Kier molecular flexibility index (Phi) is 5.80. The number of carbonyl (C=O) groups excluding carboxylic acids is 1. The van der Waals surface area contributed by atoms with Crippen molar-refractivity contribution in [2.75, 3.05) is 18.5 Å². The highest BCUT2D eigenvalue weighted by atomic mass is 16.5. The van der Waals surface area contributed by atoms with E-state index in [0.717, 1.165) is 16.9 Å². The smallest absolute Gasteiger partial charge is 0.319 e. The molecule has 0 heterocycles. The Morgan fingerprint density at radius 2 is 1.95 bits per heavy atom. The molecule has 0 aliphatic carbocycles. The third-order valence-electron chi connectivity index (χ3n) is 3.09. The lowest BCUT2D eigenvalue weighted by Gasteiger charge is -2.12. The molecule has 0 saturated carbocycles. The van der Waals surface area contributed by atoms with E-state index in [4.69, 9.17) is 9.84 Å². The molecule has 2 rings (SSSR count). The molecule has 0 radical (unpaired) electrons. The molecule has 5 nitrogen and oxygen atoms in total. The van der Waals surface area contributed by atoms with Gasteiger partial charge in [0.05, 0.1) is 6.61 Å². The number of hydrogen-bond donors (Lipinski definition) is 3. The summed E-state index contributed by atoms with van der Waals surface area (Å²) >= 11 is 0. The molecule has 5 heteroatoms. The van der Waals surface area contributed by atoms with E-state index in [2.05, 4.69) is 10.6 Å². The number of ether oxygens (including phenoxy) is 1. The number of amides is 2. The van der Waals surface area contributed by atoms with Crippen LogP contribution >= 0.6 is 0 Å². The Balaban J connectivity index is 1.93. The monoisotopic (exact) mass is 300 g/mol. The van der Waals surface area contributed by atoms with Crippen LogP contribution in [0.3, 0.4) is 0 Å². The van der Waals surface area contributed by atoms with Crippen molar-refractivity contribution in [3.05, 3.63) is 59.7 Å². The molecule has 0 bridgehead atoms. The summed E-state index contributed by atoms with van der Waals surface area (Å²) in [5.41, 5.74) is 2.72. The highest BCUT2D eigenvalue weighted by Crippen LogP contribution is 2.22. The van der Waals surface area contributed by atoms with Gasteiger partial charge in [0.2, 0.25) is 0 Å². The molecular formula is C17H20N2O3. The minimum absolute atomic E-state index is 0.0847. The quantitative estimate of drug-likeness (QED) is 0.768. The Bertz CT molecular complexity index is 615. The maximum absolute atomic E-state index is 11.6. The summed E-state index contributed by atoms with van der Waals surface area (Å²) in [6.45, 7) is 2.54. The topological polar surface area (TPSA) is 70.6 Å². The van der Waals surface area contributed by atoms with Gasteiger partial charge in [0.15, 0.2) is 0 Å². The van der Waals surface area contributed by atoms with Gasteiger partial charge in [0, 0.05) is 12.2 Å². The van der Waals surface area contributed by atoms with E-state index in [-0.39, 0.29) is 19.2 Å². The van der Waals surface area contributed by atoms with Crippen molar-refractivity contribution in [3.8, 4) is 5.75 Å². The fraction of sp³-hybridized carbons (Fsp3) is 0.235. The molecule has 0 spiro atoms. The van der Waals surface area contributed by atoms with Gasteiger partial charge in [-0.3, -0.25) is 0 Å².